The molecule has 1 atom stereocenters. The van der Waals surface area contributed by atoms with Gasteiger partial charge < -0.3 is 4.98 Å². The molecule has 31 heavy (non-hydrogen) atoms. The van der Waals surface area contributed by atoms with E-state index < -0.39 is 26.9 Å². The van der Waals surface area contributed by atoms with Gasteiger partial charge >= 0.3 is 0 Å². The highest BCUT2D eigenvalue weighted by molar-refractivity contribution is 7.89. The number of hydrogen-bond acceptors (Lipinski definition) is 5. The van der Waals surface area contributed by atoms with Crippen LogP contribution in [0.3, 0.4) is 0 Å². The Kier molecular flexibility index (Phi) is 5.38. The lowest BCUT2D eigenvalue weighted by molar-refractivity contribution is 0.103. The lowest BCUT2D eigenvalue weighted by Crippen LogP contribution is -2.22. The van der Waals surface area contributed by atoms with Gasteiger partial charge in [0.25, 0.3) is 0 Å². The van der Waals surface area contributed by atoms with Gasteiger partial charge in [-0.05, 0) is 24.6 Å². The average molecular weight is 438 g/mol. The first-order chi connectivity index (χ1) is 14.8. The summed E-state index contributed by atoms with van der Waals surface area (Å²) in [5.74, 6) is -1.47. The van der Waals surface area contributed by atoms with Crippen molar-refractivity contribution in [3.05, 3.63) is 83.7 Å². The quantitative estimate of drug-likeness (QED) is 0.445. The molecule has 4 rings (SSSR count). The summed E-state index contributed by atoms with van der Waals surface area (Å²) in [7, 11) is -4.03. The van der Waals surface area contributed by atoms with Crippen molar-refractivity contribution in [2.24, 2.45) is 5.14 Å². The number of hydrogen-bond donors (Lipinski definition) is 2. The minimum atomic E-state index is -4.03. The Balaban J connectivity index is 1.81. The molecule has 3 N–H and O–H groups in total. The van der Waals surface area contributed by atoms with Crippen molar-refractivity contribution in [1.82, 2.24) is 15.0 Å². The number of ketones is 1. The van der Waals surface area contributed by atoms with Crippen molar-refractivity contribution in [3.63, 3.8) is 0 Å². The lowest BCUT2D eigenvalue weighted by atomic mass is 9.98. The van der Waals surface area contributed by atoms with Crippen LogP contribution in [0, 0.1) is 5.82 Å². The van der Waals surface area contributed by atoms with Crippen molar-refractivity contribution in [2.75, 3.05) is 0 Å². The topological polar surface area (TPSA) is 119 Å². The van der Waals surface area contributed by atoms with Gasteiger partial charge in [0.2, 0.25) is 10.0 Å². The number of benzene rings is 1. The van der Waals surface area contributed by atoms with Gasteiger partial charge in [-0.2, -0.15) is 0 Å². The fraction of sp³-hybridized carbons (Fsp3) is 0.136. The SMILES string of the molecule is CCC(c1cccc(C(=O)c2c[nH]c3ncc(-c4cccnc4)cc23)c1F)S(N)(=O)=O. The second kappa shape index (κ2) is 8.01. The molecule has 0 amide bonds. The van der Waals surface area contributed by atoms with Crippen molar-refractivity contribution >= 4 is 26.8 Å². The predicted octanol–water partition coefficient (Wildman–Crippen LogP) is 3.73. The van der Waals surface area contributed by atoms with E-state index in [0.717, 1.165) is 11.1 Å². The van der Waals surface area contributed by atoms with Crippen molar-refractivity contribution in [1.29, 1.82) is 0 Å². The Morgan fingerprint density at radius 3 is 2.65 bits per heavy atom. The largest absolute Gasteiger partial charge is 0.345 e. The molecule has 0 aliphatic carbocycles. The number of nitrogens with zero attached hydrogens (tertiary/aromatic N) is 2. The molecule has 0 aliphatic rings. The maximum atomic E-state index is 15.3. The average Bonchev–Trinajstić information content (AvgIpc) is 3.18. The molecule has 0 spiro atoms. The number of sulfonamides is 1. The Morgan fingerprint density at radius 2 is 1.97 bits per heavy atom. The van der Waals surface area contributed by atoms with Crippen LogP contribution in [-0.4, -0.2) is 29.2 Å². The lowest BCUT2D eigenvalue weighted by Gasteiger charge is -2.15. The van der Waals surface area contributed by atoms with Crippen LogP contribution in [0.1, 0.15) is 40.1 Å². The molecule has 9 heteroatoms. The van der Waals surface area contributed by atoms with Gasteiger partial charge in [-0.3, -0.25) is 9.78 Å². The number of H-pyrrole nitrogens is 1. The summed E-state index contributed by atoms with van der Waals surface area (Å²) >= 11 is 0. The number of halogens is 1. The van der Waals surface area contributed by atoms with Crippen LogP contribution in [0.5, 0.6) is 0 Å². The van der Waals surface area contributed by atoms with Crippen LogP contribution in [0.4, 0.5) is 4.39 Å². The summed E-state index contributed by atoms with van der Waals surface area (Å²) in [6.07, 6.45) is 6.54. The zero-order valence-electron chi connectivity index (χ0n) is 16.5. The number of rotatable bonds is 6. The number of nitrogens with two attached hydrogens (primary N) is 1. The van der Waals surface area contributed by atoms with E-state index in [9.17, 15) is 13.2 Å². The first-order valence-corrected chi connectivity index (χ1v) is 11.1. The normalized spacial score (nSPS) is 12.7. The maximum absolute atomic E-state index is 15.3. The number of carbonyl (C=O) groups is 1. The summed E-state index contributed by atoms with van der Waals surface area (Å²) in [4.78, 5) is 24.6. The summed E-state index contributed by atoms with van der Waals surface area (Å²) < 4.78 is 39.0. The fourth-order valence-electron chi connectivity index (χ4n) is 3.63. The molecule has 3 aromatic heterocycles. The molecule has 0 bridgehead atoms. The van der Waals surface area contributed by atoms with Crippen LogP contribution in [0.2, 0.25) is 0 Å². The Morgan fingerprint density at radius 1 is 1.16 bits per heavy atom. The third kappa shape index (κ3) is 3.85. The van der Waals surface area contributed by atoms with E-state index in [1.54, 1.807) is 37.6 Å². The van der Waals surface area contributed by atoms with E-state index in [-0.39, 0.29) is 23.1 Å². The minimum Gasteiger partial charge on any atom is -0.345 e. The van der Waals surface area contributed by atoms with Gasteiger partial charge in [-0.1, -0.05) is 25.1 Å². The van der Waals surface area contributed by atoms with Gasteiger partial charge in [0.05, 0.1) is 5.56 Å². The van der Waals surface area contributed by atoms with Gasteiger partial charge in [0.15, 0.2) is 5.78 Å². The fourth-order valence-corrected chi connectivity index (χ4v) is 4.63. The standard InChI is InChI=1S/C22H19FN4O3S/c1-2-19(31(24,29)30)15-6-3-7-16(20(15)23)21(28)18-12-27-22-17(18)9-14(11-26-22)13-5-4-8-25-10-13/h3-12,19H,2H2,1H3,(H,26,27)(H2,24,29,30). The van der Waals surface area contributed by atoms with Crippen LogP contribution in [-0.2, 0) is 10.0 Å². The highest BCUT2D eigenvalue weighted by Gasteiger charge is 2.28. The van der Waals surface area contributed by atoms with Crippen LogP contribution in [0.25, 0.3) is 22.2 Å². The number of nitrogens with one attached hydrogen (secondary N) is 1. The summed E-state index contributed by atoms with van der Waals surface area (Å²) in [6, 6.07) is 9.55. The van der Waals surface area contributed by atoms with Gasteiger partial charge in [-0.25, -0.2) is 22.9 Å². The molecule has 0 saturated carbocycles. The number of aromatic nitrogens is 3. The highest BCUT2D eigenvalue weighted by atomic mass is 32.2. The Bertz CT molecular complexity index is 1380. The van der Waals surface area contributed by atoms with E-state index in [2.05, 4.69) is 15.0 Å². The molecule has 4 aromatic rings. The molecular weight excluding hydrogens is 419 g/mol. The van der Waals surface area contributed by atoms with Gasteiger partial charge in [0.1, 0.15) is 16.7 Å². The molecule has 0 radical (unpaired) electrons. The molecule has 0 saturated heterocycles. The molecule has 3 heterocycles. The van der Waals surface area contributed by atoms with Gasteiger partial charge in [-0.15, -0.1) is 0 Å². The van der Waals surface area contributed by atoms with Gasteiger partial charge in [0, 0.05) is 52.4 Å². The number of aromatic amines is 1. The van der Waals surface area contributed by atoms with E-state index in [0.29, 0.717) is 11.0 Å². The number of primary sulfonamides is 1. The molecule has 158 valence electrons. The first kappa shape index (κ1) is 20.8. The van der Waals surface area contributed by atoms with Crippen LogP contribution >= 0.6 is 0 Å². The van der Waals surface area contributed by atoms with E-state index >= 15 is 4.39 Å². The van der Waals surface area contributed by atoms with Crippen molar-refractivity contribution in [3.8, 4) is 11.1 Å². The Labute approximate surface area is 178 Å². The first-order valence-electron chi connectivity index (χ1n) is 9.53. The van der Waals surface area contributed by atoms with Crippen molar-refractivity contribution in [2.45, 2.75) is 18.6 Å². The number of fused-ring (bicyclic) bond motifs is 1. The van der Waals surface area contributed by atoms with Crippen LogP contribution < -0.4 is 5.14 Å². The molecule has 0 aliphatic heterocycles. The molecule has 1 aromatic carbocycles. The summed E-state index contributed by atoms with van der Waals surface area (Å²) in [5.41, 5.74) is 1.93. The third-order valence-corrected chi connectivity index (χ3v) is 6.54. The van der Waals surface area contributed by atoms with E-state index in [1.807, 2.05) is 6.07 Å². The number of carbonyl (C=O) groups excluding carboxylic acids is 1. The second-order valence-electron chi connectivity index (χ2n) is 7.09. The van der Waals surface area contributed by atoms with Crippen LogP contribution in [0.15, 0.2) is 61.2 Å². The zero-order chi connectivity index (χ0) is 22.2. The summed E-state index contributed by atoms with van der Waals surface area (Å²) in [5, 5.41) is 4.55. The molecule has 0 fully saturated rings. The maximum Gasteiger partial charge on any atom is 0.216 e. The summed E-state index contributed by atoms with van der Waals surface area (Å²) in [6.45, 7) is 1.59. The smallest absolute Gasteiger partial charge is 0.216 e. The third-order valence-electron chi connectivity index (χ3n) is 5.16. The predicted molar refractivity (Wildman–Crippen MR) is 115 cm³/mol. The molecule has 1 unspecified atom stereocenters. The molecule has 7 nitrogen and oxygen atoms in total. The monoisotopic (exact) mass is 438 g/mol. The van der Waals surface area contributed by atoms with E-state index in [1.165, 1.54) is 24.4 Å². The van der Waals surface area contributed by atoms with E-state index in [4.69, 9.17) is 5.14 Å². The highest BCUT2D eigenvalue weighted by Crippen LogP contribution is 2.30. The minimum absolute atomic E-state index is 0.0822. The Hall–Kier alpha value is -3.43. The second-order valence-corrected chi connectivity index (χ2v) is 8.84. The molecular formula is C22H19FN4O3S. The zero-order valence-corrected chi connectivity index (χ0v) is 17.4. The van der Waals surface area contributed by atoms with Crippen molar-refractivity contribution < 1.29 is 17.6 Å². The number of pyridine rings is 2.